The summed E-state index contributed by atoms with van der Waals surface area (Å²) in [5.41, 5.74) is -2.29. The largest absolute Gasteiger partial charge is 0.416 e. The molecule has 7 nitrogen and oxygen atoms in total. The number of alkyl halides is 6. The molecule has 0 radical (unpaired) electrons. The van der Waals surface area contributed by atoms with E-state index in [0.717, 1.165) is 62.5 Å². The fourth-order valence-corrected chi connectivity index (χ4v) is 5.99. The Bertz CT molecular complexity index is 1600. The molecule has 3 rings (SSSR count). The van der Waals surface area contributed by atoms with Crippen LogP contribution >= 0.6 is 0 Å². The van der Waals surface area contributed by atoms with Gasteiger partial charge in [0, 0.05) is 6.20 Å². The fourth-order valence-electron chi connectivity index (χ4n) is 3.29. The molecule has 3 aromatic rings. The Balaban J connectivity index is 1.77. The maximum absolute atomic E-state index is 13.0. The second-order valence-corrected chi connectivity index (χ2v) is 13.2. The van der Waals surface area contributed by atoms with Gasteiger partial charge in [0.1, 0.15) is 4.75 Å². The number of hydrogen-bond donors (Lipinski definition) is 1. The van der Waals surface area contributed by atoms with Crippen molar-refractivity contribution in [1.82, 2.24) is 10.3 Å². The molecule has 0 bridgehead atoms. The van der Waals surface area contributed by atoms with Crippen LogP contribution in [0.1, 0.15) is 30.7 Å². The minimum absolute atomic E-state index is 0.0682. The standard InChI is InChI=1S/C24H20F6N2O5S2/c1-22(2,39(36,37)19-8-4-6-16(12-19)24(28,29)30)21(33)32-13-17-9-10-20(14-31-17)38(34,35)18-7-3-5-15(11-18)23(25,26)27/h3-12,14H,13H2,1-2H3,(H,32,33). The van der Waals surface area contributed by atoms with Gasteiger partial charge in [-0.2, -0.15) is 26.3 Å². The van der Waals surface area contributed by atoms with Crippen molar-refractivity contribution < 1.29 is 48.0 Å². The van der Waals surface area contributed by atoms with Crippen LogP contribution in [-0.2, 0) is 43.4 Å². The zero-order valence-corrected chi connectivity index (χ0v) is 21.8. The first-order valence-corrected chi connectivity index (χ1v) is 13.8. The number of nitrogens with one attached hydrogen (secondary N) is 1. The first-order valence-electron chi connectivity index (χ1n) is 10.9. The van der Waals surface area contributed by atoms with E-state index >= 15 is 0 Å². The van der Waals surface area contributed by atoms with Crippen LogP contribution < -0.4 is 5.32 Å². The summed E-state index contributed by atoms with van der Waals surface area (Å²) in [5, 5.41) is 2.30. The normalized spacial score (nSPS) is 13.2. The summed E-state index contributed by atoms with van der Waals surface area (Å²) in [6.45, 7) is 1.64. The predicted octanol–water partition coefficient (Wildman–Crippen LogP) is 4.82. The highest BCUT2D eigenvalue weighted by atomic mass is 32.2. The molecule has 15 heteroatoms. The first kappa shape index (κ1) is 30.1. The van der Waals surface area contributed by atoms with Crippen LogP contribution in [0.3, 0.4) is 0 Å². The lowest BCUT2D eigenvalue weighted by atomic mass is 10.2. The minimum atomic E-state index is -4.80. The van der Waals surface area contributed by atoms with Crippen LogP contribution in [0.2, 0.25) is 0 Å². The third kappa shape index (κ3) is 6.24. The monoisotopic (exact) mass is 594 g/mol. The van der Waals surface area contributed by atoms with Gasteiger partial charge in [-0.3, -0.25) is 9.78 Å². The van der Waals surface area contributed by atoms with Crippen LogP contribution in [0.5, 0.6) is 0 Å². The Hall–Kier alpha value is -3.46. The van der Waals surface area contributed by atoms with Crippen molar-refractivity contribution in [2.24, 2.45) is 0 Å². The molecule has 2 aromatic carbocycles. The van der Waals surface area contributed by atoms with Gasteiger partial charge in [-0.1, -0.05) is 12.1 Å². The molecular weight excluding hydrogens is 574 g/mol. The maximum atomic E-state index is 13.0. The molecule has 1 amide bonds. The van der Waals surface area contributed by atoms with Gasteiger partial charge in [-0.15, -0.1) is 0 Å². The number of sulfone groups is 2. The van der Waals surface area contributed by atoms with Gasteiger partial charge in [0.15, 0.2) is 9.84 Å². The Morgan fingerprint density at radius 3 is 1.77 bits per heavy atom. The number of amides is 1. The van der Waals surface area contributed by atoms with Gasteiger partial charge in [0.2, 0.25) is 15.7 Å². The molecule has 0 unspecified atom stereocenters. The fraction of sp³-hybridized carbons (Fsp3) is 0.250. The highest BCUT2D eigenvalue weighted by Gasteiger charge is 2.43. The third-order valence-corrected chi connectivity index (χ3v) is 9.84. The van der Waals surface area contributed by atoms with E-state index in [2.05, 4.69) is 10.3 Å². The molecule has 0 aliphatic carbocycles. The minimum Gasteiger partial charge on any atom is -0.349 e. The van der Waals surface area contributed by atoms with Crippen LogP contribution in [0.15, 0.2) is 81.5 Å². The zero-order valence-electron chi connectivity index (χ0n) is 20.1. The molecule has 1 aromatic heterocycles. The number of halogens is 6. The lowest BCUT2D eigenvalue weighted by Gasteiger charge is -2.24. The molecule has 210 valence electrons. The zero-order chi connectivity index (χ0) is 29.4. The molecule has 1 N–H and O–H groups in total. The van der Waals surface area contributed by atoms with Crippen molar-refractivity contribution >= 4 is 25.6 Å². The molecule has 0 spiro atoms. The summed E-state index contributed by atoms with van der Waals surface area (Å²) in [5.74, 6) is -1.07. The van der Waals surface area contributed by atoms with E-state index in [-0.39, 0.29) is 12.2 Å². The van der Waals surface area contributed by atoms with E-state index < -0.39 is 68.5 Å². The number of benzene rings is 2. The van der Waals surface area contributed by atoms with E-state index in [1.165, 1.54) is 0 Å². The smallest absolute Gasteiger partial charge is 0.349 e. The van der Waals surface area contributed by atoms with Crippen LogP contribution in [-0.4, -0.2) is 32.5 Å². The summed E-state index contributed by atoms with van der Waals surface area (Å²) in [6.07, 6.45) is -8.69. The quantitative estimate of drug-likeness (QED) is 0.393. The third-order valence-electron chi connectivity index (χ3n) is 5.70. The van der Waals surface area contributed by atoms with Gasteiger partial charge < -0.3 is 5.32 Å². The summed E-state index contributed by atoms with van der Waals surface area (Å²) in [4.78, 5) is 14.9. The van der Waals surface area contributed by atoms with Crippen LogP contribution in [0.25, 0.3) is 0 Å². The molecule has 1 heterocycles. The Morgan fingerprint density at radius 2 is 1.28 bits per heavy atom. The average molecular weight is 595 g/mol. The number of nitrogens with zero attached hydrogens (tertiary/aromatic N) is 1. The van der Waals surface area contributed by atoms with Crippen molar-refractivity contribution in [3.05, 3.63) is 83.7 Å². The number of carbonyl (C=O) groups is 1. The molecule has 0 atom stereocenters. The summed E-state index contributed by atoms with van der Waals surface area (Å²) >= 11 is 0. The Labute approximate surface area is 219 Å². The van der Waals surface area contributed by atoms with Crippen molar-refractivity contribution in [3.8, 4) is 0 Å². The van der Waals surface area contributed by atoms with E-state index in [4.69, 9.17) is 0 Å². The van der Waals surface area contributed by atoms with Crippen molar-refractivity contribution in [1.29, 1.82) is 0 Å². The Morgan fingerprint density at radius 1 is 0.769 bits per heavy atom. The van der Waals surface area contributed by atoms with E-state index in [0.29, 0.717) is 18.2 Å². The molecule has 0 saturated heterocycles. The second kappa shape index (κ2) is 10.3. The van der Waals surface area contributed by atoms with E-state index in [1.807, 2.05) is 0 Å². The second-order valence-electron chi connectivity index (χ2n) is 8.74. The molecule has 39 heavy (non-hydrogen) atoms. The molecule has 0 aliphatic heterocycles. The highest BCUT2D eigenvalue weighted by molar-refractivity contribution is 7.93. The number of carbonyl (C=O) groups excluding carboxylic acids is 1. The van der Waals surface area contributed by atoms with E-state index in [1.54, 1.807) is 0 Å². The number of rotatable bonds is 7. The van der Waals surface area contributed by atoms with Gasteiger partial charge in [-0.25, -0.2) is 16.8 Å². The van der Waals surface area contributed by atoms with Crippen LogP contribution in [0.4, 0.5) is 26.3 Å². The summed E-state index contributed by atoms with van der Waals surface area (Å²) < 4.78 is 127. The molecule has 0 saturated carbocycles. The van der Waals surface area contributed by atoms with Gasteiger partial charge in [0.25, 0.3) is 0 Å². The van der Waals surface area contributed by atoms with Crippen molar-refractivity contribution in [3.63, 3.8) is 0 Å². The van der Waals surface area contributed by atoms with Crippen LogP contribution in [0, 0.1) is 0 Å². The topological polar surface area (TPSA) is 110 Å². The number of pyridine rings is 1. The first-order chi connectivity index (χ1) is 17.8. The van der Waals surface area contributed by atoms with Crippen molar-refractivity contribution in [2.75, 3.05) is 0 Å². The number of aromatic nitrogens is 1. The lowest BCUT2D eigenvalue weighted by molar-refractivity contribution is -0.138. The molecule has 0 aliphatic rings. The lowest BCUT2D eigenvalue weighted by Crippen LogP contribution is -2.47. The van der Waals surface area contributed by atoms with Gasteiger partial charge in [0.05, 0.1) is 38.1 Å². The maximum Gasteiger partial charge on any atom is 0.416 e. The van der Waals surface area contributed by atoms with E-state index in [9.17, 15) is 48.0 Å². The Kier molecular flexibility index (Phi) is 7.91. The van der Waals surface area contributed by atoms with Crippen molar-refractivity contribution in [2.45, 2.75) is 52.2 Å². The summed E-state index contributed by atoms with van der Waals surface area (Å²) in [7, 11) is -8.95. The number of hydrogen-bond acceptors (Lipinski definition) is 6. The van der Waals surface area contributed by atoms with Gasteiger partial charge in [-0.05, 0) is 62.4 Å². The van der Waals surface area contributed by atoms with Gasteiger partial charge >= 0.3 is 12.4 Å². The SMILES string of the molecule is CC(C)(C(=O)NCc1ccc(S(=O)(=O)c2cccc(C(F)(F)F)c2)cn1)S(=O)(=O)c1cccc(C(F)(F)F)c1. The molecule has 0 fully saturated rings. The predicted molar refractivity (Wildman–Crippen MR) is 126 cm³/mol. The summed E-state index contributed by atoms with van der Waals surface area (Å²) in [6, 6.07) is 8.31. The highest BCUT2D eigenvalue weighted by Crippen LogP contribution is 2.34. The average Bonchev–Trinajstić information content (AvgIpc) is 2.86. The molecular formula is C24H20F6N2O5S2.